The van der Waals surface area contributed by atoms with Crippen molar-refractivity contribution >= 4 is 16.0 Å². The summed E-state index contributed by atoms with van der Waals surface area (Å²) in [6.07, 6.45) is 4.06. The molecule has 1 aromatic carbocycles. The maximum atomic E-state index is 12.2. The SMILES string of the molecule is O=C(O)C1(CNS(=O)(=O)c2ccc3c(c2)CCC3)CC1. The average molecular weight is 295 g/mol. The van der Waals surface area contributed by atoms with Gasteiger partial charge in [0.05, 0.1) is 10.3 Å². The largest absolute Gasteiger partial charge is 0.481 e. The van der Waals surface area contributed by atoms with Crippen molar-refractivity contribution in [2.45, 2.75) is 37.0 Å². The van der Waals surface area contributed by atoms with E-state index in [4.69, 9.17) is 5.11 Å². The number of benzene rings is 1. The molecule has 108 valence electrons. The van der Waals surface area contributed by atoms with Crippen LogP contribution in [0.15, 0.2) is 23.1 Å². The third-order valence-electron chi connectivity index (χ3n) is 4.29. The van der Waals surface area contributed by atoms with Crippen LogP contribution in [0.25, 0.3) is 0 Å². The lowest BCUT2D eigenvalue weighted by molar-refractivity contribution is -0.143. The van der Waals surface area contributed by atoms with Gasteiger partial charge in [-0.05, 0) is 55.4 Å². The van der Waals surface area contributed by atoms with E-state index >= 15 is 0 Å². The molecule has 0 aromatic heterocycles. The fraction of sp³-hybridized carbons (Fsp3) is 0.500. The van der Waals surface area contributed by atoms with Crippen molar-refractivity contribution in [3.8, 4) is 0 Å². The number of aliphatic carboxylic acids is 1. The first kappa shape index (κ1) is 13.6. The number of nitrogens with one attached hydrogen (secondary N) is 1. The monoisotopic (exact) mass is 295 g/mol. The molecular weight excluding hydrogens is 278 g/mol. The van der Waals surface area contributed by atoms with E-state index in [1.807, 2.05) is 6.07 Å². The minimum Gasteiger partial charge on any atom is -0.481 e. The average Bonchev–Trinajstić information content (AvgIpc) is 3.07. The predicted octanol–water partition coefficient (Wildman–Crippen LogP) is 1.32. The summed E-state index contributed by atoms with van der Waals surface area (Å²) in [6, 6.07) is 5.18. The highest BCUT2D eigenvalue weighted by Crippen LogP contribution is 2.45. The third kappa shape index (κ3) is 2.33. The Labute approximate surface area is 118 Å². The zero-order chi connectivity index (χ0) is 14.4. The van der Waals surface area contributed by atoms with E-state index in [1.165, 1.54) is 5.56 Å². The van der Waals surface area contributed by atoms with Crippen molar-refractivity contribution < 1.29 is 18.3 Å². The van der Waals surface area contributed by atoms with Gasteiger partial charge in [0.25, 0.3) is 0 Å². The van der Waals surface area contributed by atoms with Gasteiger partial charge in [-0.3, -0.25) is 4.79 Å². The fourth-order valence-electron chi connectivity index (χ4n) is 2.65. The number of rotatable bonds is 5. The van der Waals surface area contributed by atoms with Crippen LogP contribution < -0.4 is 4.72 Å². The lowest BCUT2D eigenvalue weighted by Crippen LogP contribution is -2.34. The van der Waals surface area contributed by atoms with Crippen molar-refractivity contribution in [1.82, 2.24) is 4.72 Å². The van der Waals surface area contributed by atoms with E-state index in [9.17, 15) is 13.2 Å². The van der Waals surface area contributed by atoms with Gasteiger partial charge < -0.3 is 5.11 Å². The number of carbonyl (C=O) groups is 1. The van der Waals surface area contributed by atoms with Gasteiger partial charge >= 0.3 is 5.97 Å². The Morgan fingerprint density at radius 1 is 1.25 bits per heavy atom. The number of hydrogen-bond donors (Lipinski definition) is 2. The van der Waals surface area contributed by atoms with Crippen molar-refractivity contribution in [2.75, 3.05) is 6.54 Å². The van der Waals surface area contributed by atoms with Crippen LogP contribution in [0.5, 0.6) is 0 Å². The normalized spacial score (nSPS) is 19.6. The Bertz CT molecular complexity index is 662. The first-order chi connectivity index (χ1) is 9.43. The van der Waals surface area contributed by atoms with Crippen LogP contribution in [0.2, 0.25) is 0 Å². The van der Waals surface area contributed by atoms with Crippen LogP contribution in [-0.4, -0.2) is 26.0 Å². The molecule has 6 heteroatoms. The molecule has 3 rings (SSSR count). The number of carboxylic acids is 1. The highest BCUT2D eigenvalue weighted by molar-refractivity contribution is 7.89. The maximum Gasteiger partial charge on any atom is 0.310 e. The van der Waals surface area contributed by atoms with Gasteiger partial charge in [0.1, 0.15) is 0 Å². The Morgan fingerprint density at radius 3 is 2.60 bits per heavy atom. The summed E-state index contributed by atoms with van der Waals surface area (Å²) in [7, 11) is -3.62. The van der Waals surface area contributed by atoms with E-state index in [1.54, 1.807) is 12.1 Å². The molecule has 1 aromatic rings. The molecule has 1 saturated carbocycles. The first-order valence-electron chi connectivity index (χ1n) is 6.78. The van der Waals surface area contributed by atoms with Crippen LogP contribution >= 0.6 is 0 Å². The topological polar surface area (TPSA) is 83.5 Å². The molecule has 1 fully saturated rings. The fourth-order valence-corrected chi connectivity index (χ4v) is 3.83. The summed E-state index contributed by atoms with van der Waals surface area (Å²) in [4.78, 5) is 11.3. The molecule has 0 atom stereocenters. The van der Waals surface area contributed by atoms with Crippen LogP contribution in [0.1, 0.15) is 30.4 Å². The van der Waals surface area contributed by atoms with Gasteiger partial charge in [0, 0.05) is 6.54 Å². The van der Waals surface area contributed by atoms with Gasteiger partial charge in [-0.25, -0.2) is 13.1 Å². The molecule has 0 saturated heterocycles. The van der Waals surface area contributed by atoms with E-state index in [0.717, 1.165) is 24.8 Å². The van der Waals surface area contributed by atoms with Gasteiger partial charge in [0.2, 0.25) is 10.0 Å². The van der Waals surface area contributed by atoms with Crippen LogP contribution in [-0.2, 0) is 27.7 Å². The molecule has 5 nitrogen and oxygen atoms in total. The third-order valence-corrected chi connectivity index (χ3v) is 5.69. The molecule has 2 N–H and O–H groups in total. The molecule has 0 bridgehead atoms. The minimum atomic E-state index is -3.62. The second-order valence-electron chi connectivity index (χ2n) is 5.69. The highest BCUT2D eigenvalue weighted by atomic mass is 32.2. The number of aryl methyl sites for hydroxylation is 2. The lowest BCUT2D eigenvalue weighted by atomic mass is 10.1. The molecule has 2 aliphatic carbocycles. The Hall–Kier alpha value is -1.40. The summed E-state index contributed by atoms with van der Waals surface area (Å²) in [5.74, 6) is -0.922. The van der Waals surface area contributed by atoms with E-state index in [2.05, 4.69) is 4.72 Å². The molecule has 2 aliphatic rings. The van der Waals surface area contributed by atoms with E-state index < -0.39 is 21.4 Å². The summed E-state index contributed by atoms with van der Waals surface area (Å²) in [6.45, 7) is -0.0260. The Morgan fingerprint density at radius 2 is 1.95 bits per heavy atom. The molecule has 0 spiro atoms. The van der Waals surface area contributed by atoms with Gasteiger partial charge in [-0.1, -0.05) is 6.07 Å². The molecule has 0 unspecified atom stereocenters. The summed E-state index contributed by atoms with van der Waals surface area (Å²) in [5, 5.41) is 9.06. The standard InChI is InChI=1S/C14H17NO4S/c16-13(17)14(6-7-14)9-15-20(18,19)12-5-4-10-2-1-3-11(10)8-12/h4-5,8,15H,1-3,6-7,9H2,(H,16,17). The quantitative estimate of drug-likeness (QED) is 0.858. The van der Waals surface area contributed by atoms with Gasteiger partial charge in [-0.2, -0.15) is 0 Å². The van der Waals surface area contributed by atoms with E-state index in [0.29, 0.717) is 12.8 Å². The highest BCUT2D eigenvalue weighted by Gasteiger charge is 2.50. The second-order valence-corrected chi connectivity index (χ2v) is 7.46. The second kappa shape index (κ2) is 4.56. The zero-order valence-electron chi connectivity index (χ0n) is 11.1. The van der Waals surface area contributed by atoms with Crippen LogP contribution in [0, 0.1) is 5.41 Å². The Kier molecular flexibility index (Phi) is 3.10. The smallest absolute Gasteiger partial charge is 0.310 e. The molecule has 0 aliphatic heterocycles. The van der Waals surface area contributed by atoms with Crippen molar-refractivity contribution in [3.05, 3.63) is 29.3 Å². The number of hydrogen-bond acceptors (Lipinski definition) is 3. The maximum absolute atomic E-state index is 12.2. The molecule has 0 radical (unpaired) electrons. The van der Waals surface area contributed by atoms with Crippen molar-refractivity contribution in [1.29, 1.82) is 0 Å². The zero-order valence-corrected chi connectivity index (χ0v) is 11.9. The van der Waals surface area contributed by atoms with Gasteiger partial charge in [-0.15, -0.1) is 0 Å². The molecular formula is C14H17NO4S. The van der Waals surface area contributed by atoms with E-state index in [-0.39, 0.29) is 11.4 Å². The minimum absolute atomic E-state index is 0.0260. The summed E-state index contributed by atoms with van der Waals surface area (Å²) < 4.78 is 26.9. The van der Waals surface area contributed by atoms with Crippen LogP contribution in [0.3, 0.4) is 0 Å². The summed E-state index contributed by atoms with van der Waals surface area (Å²) >= 11 is 0. The number of fused-ring (bicyclic) bond motifs is 1. The Balaban J connectivity index is 1.77. The van der Waals surface area contributed by atoms with Gasteiger partial charge in [0.15, 0.2) is 0 Å². The molecule has 0 amide bonds. The summed E-state index contributed by atoms with van der Waals surface area (Å²) in [5.41, 5.74) is 1.42. The molecule has 0 heterocycles. The number of sulfonamides is 1. The molecule has 20 heavy (non-hydrogen) atoms. The predicted molar refractivity (Wildman–Crippen MR) is 73.0 cm³/mol. The first-order valence-corrected chi connectivity index (χ1v) is 8.26. The lowest BCUT2D eigenvalue weighted by Gasteiger charge is -2.12. The van der Waals surface area contributed by atoms with Crippen LogP contribution in [0.4, 0.5) is 0 Å². The van der Waals surface area contributed by atoms with Crippen molar-refractivity contribution in [3.63, 3.8) is 0 Å². The number of carboxylic acid groups (broad SMARTS) is 1. The van der Waals surface area contributed by atoms with Crippen molar-refractivity contribution in [2.24, 2.45) is 5.41 Å².